The van der Waals surface area contributed by atoms with Gasteiger partial charge in [0.15, 0.2) is 11.5 Å². The zero-order chi connectivity index (χ0) is 12.5. The minimum Gasteiger partial charge on any atom is -0.493 e. The number of azide groups is 1. The average Bonchev–Trinajstić information content (AvgIpc) is 2.38. The van der Waals surface area contributed by atoms with Crippen molar-refractivity contribution in [2.45, 2.75) is 6.42 Å². The standard InChI is InChI=1S/C11H12N4O2/c1-16-11-7-9(8-12)3-4-10(11)17-6-2-5-14-15-13/h3-4,7H,2,5-6H2,1H3. The Balaban J connectivity index is 2.58. The number of nitriles is 1. The molecule has 0 aromatic heterocycles. The quantitative estimate of drug-likeness (QED) is 0.326. The van der Waals surface area contributed by atoms with Crippen LogP contribution in [0.15, 0.2) is 23.3 Å². The van der Waals surface area contributed by atoms with Crippen LogP contribution in [0.1, 0.15) is 12.0 Å². The maximum Gasteiger partial charge on any atom is 0.162 e. The Morgan fingerprint density at radius 2 is 2.29 bits per heavy atom. The molecular formula is C11H12N4O2. The molecule has 0 aliphatic heterocycles. The van der Waals surface area contributed by atoms with Crippen LogP contribution in [-0.4, -0.2) is 20.3 Å². The van der Waals surface area contributed by atoms with E-state index in [-0.39, 0.29) is 0 Å². The van der Waals surface area contributed by atoms with E-state index in [0.717, 1.165) is 0 Å². The first-order chi connectivity index (χ1) is 8.31. The molecule has 0 radical (unpaired) electrons. The summed E-state index contributed by atoms with van der Waals surface area (Å²) in [5, 5.41) is 12.1. The van der Waals surface area contributed by atoms with Crippen LogP contribution in [0.3, 0.4) is 0 Å². The molecule has 6 heteroatoms. The van der Waals surface area contributed by atoms with Gasteiger partial charge in [0.05, 0.1) is 25.3 Å². The molecule has 0 unspecified atom stereocenters. The molecule has 6 nitrogen and oxygen atoms in total. The lowest BCUT2D eigenvalue weighted by Gasteiger charge is -2.09. The lowest BCUT2D eigenvalue weighted by atomic mass is 10.2. The maximum absolute atomic E-state index is 8.73. The lowest BCUT2D eigenvalue weighted by Crippen LogP contribution is -2.00. The van der Waals surface area contributed by atoms with Gasteiger partial charge in [0.2, 0.25) is 0 Å². The van der Waals surface area contributed by atoms with Crippen LogP contribution in [-0.2, 0) is 0 Å². The number of rotatable bonds is 6. The van der Waals surface area contributed by atoms with Gasteiger partial charge in [-0.05, 0) is 24.1 Å². The summed E-state index contributed by atoms with van der Waals surface area (Å²) in [4.78, 5) is 2.65. The van der Waals surface area contributed by atoms with Crippen molar-refractivity contribution in [3.63, 3.8) is 0 Å². The summed E-state index contributed by atoms with van der Waals surface area (Å²) in [6, 6.07) is 6.98. The fourth-order valence-corrected chi connectivity index (χ4v) is 1.22. The molecule has 0 atom stereocenters. The molecule has 0 bridgehead atoms. The lowest BCUT2D eigenvalue weighted by molar-refractivity contribution is 0.291. The Bertz CT molecular complexity index is 461. The van der Waals surface area contributed by atoms with E-state index in [4.69, 9.17) is 20.3 Å². The van der Waals surface area contributed by atoms with Gasteiger partial charge in [-0.2, -0.15) is 5.26 Å². The fraction of sp³-hybridized carbons (Fsp3) is 0.364. The Labute approximate surface area is 99.0 Å². The van der Waals surface area contributed by atoms with Crippen molar-refractivity contribution in [2.75, 3.05) is 20.3 Å². The monoisotopic (exact) mass is 232 g/mol. The predicted octanol–water partition coefficient (Wildman–Crippen LogP) is 2.65. The smallest absolute Gasteiger partial charge is 0.162 e. The SMILES string of the molecule is COc1cc(C#N)ccc1OCCCN=[N+]=[N-]. The van der Waals surface area contributed by atoms with Gasteiger partial charge >= 0.3 is 0 Å². The van der Waals surface area contributed by atoms with Crippen molar-refractivity contribution in [2.24, 2.45) is 5.11 Å². The molecule has 88 valence electrons. The van der Waals surface area contributed by atoms with E-state index in [0.29, 0.717) is 36.6 Å². The zero-order valence-corrected chi connectivity index (χ0v) is 9.46. The first kappa shape index (κ1) is 12.7. The molecule has 0 aliphatic rings. The Kier molecular flexibility index (Phi) is 5.21. The minimum atomic E-state index is 0.398. The predicted molar refractivity (Wildman–Crippen MR) is 61.8 cm³/mol. The summed E-state index contributed by atoms with van der Waals surface area (Å²) >= 11 is 0. The largest absolute Gasteiger partial charge is 0.493 e. The van der Waals surface area contributed by atoms with Crippen molar-refractivity contribution < 1.29 is 9.47 Å². The summed E-state index contributed by atoms with van der Waals surface area (Å²) in [6.07, 6.45) is 0.632. The van der Waals surface area contributed by atoms with Gasteiger partial charge in [0.1, 0.15) is 0 Å². The third-order valence-electron chi connectivity index (χ3n) is 2.02. The highest BCUT2D eigenvalue weighted by Crippen LogP contribution is 2.27. The van der Waals surface area contributed by atoms with Crippen molar-refractivity contribution in [1.82, 2.24) is 0 Å². The van der Waals surface area contributed by atoms with Gasteiger partial charge in [-0.1, -0.05) is 5.11 Å². The zero-order valence-electron chi connectivity index (χ0n) is 9.46. The molecule has 1 aromatic carbocycles. The van der Waals surface area contributed by atoms with Gasteiger partial charge in [0, 0.05) is 17.5 Å². The number of nitrogens with zero attached hydrogens (tertiary/aromatic N) is 4. The molecular weight excluding hydrogens is 220 g/mol. The van der Waals surface area contributed by atoms with Crippen LogP contribution in [0, 0.1) is 11.3 Å². The number of methoxy groups -OCH3 is 1. The molecule has 0 heterocycles. The Morgan fingerprint density at radius 1 is 1.47 bits per heavy atom. The van der Waals surface area contributed by atoms with Crippen LogP contribution < -0.4 is 9.47 Å². The van der Waals surface area contributed by atoms with E-state index in [2.05, 4.69) is 10.0 Å². The topological polar surface area (TPSA) is 91.0 Å². The van der Waals surface area contributed by atoms with Crippen molar-refractivity contribution >= 4 is 0 Å². The van der Waals surface area contributed by atoms with Gasteiger partial charge in [-0.15, -0.1) is 0 Å². The van der Waals surface area contributed by atoms with Crippen LogP contribution >= 0.6 is 0 Å². The minimum absolute atomic E-state index is 0.398. The third kappa shape index (κ3) is 3.93. The molecule has 0 saturated carbocycles. The highest BCUT2D eigenvalue weighted by Gasteiger charge is 2.05. The second-order valence-electron chi connectivity index (χ2n) is 3.13. The second-order valence-corrected chi connectivity index (χ2v) is 3.13. The second kappa shape index (κ2) is 6.99. The number of benzene rings is 1. The van der Waals surface area contributed by atoms with Gasteiger partial charge in [-0.3, -0.25) is 0 Å². The molecule has 0 saturated heterocycles. The summed E-state index contributed by atoms with van der Waals surface area (Å²) in [6.45, 7) is 0.830. The highest BCUT2D eigenvalue weighted by atomic mass is 16.5. The first-order valence-electron chi connectivity index (χ1n) is 5.03. The highest BCUT2D eigenvalue weighted by molar-refractivity contribution is 5.46. The summed E-state index contributed by atoms with van der Waals surface area (Å²) < 4.78 is 10.6. The van der Waals surface area contributed by atoms with Crippen molar-refractivity contribution in [1.29, 1.82) is 5.26 Å². The fourth-order valence-electron chi connectivity index (χ4n) is 1.22. The van der Waals surface area contributed by atoms with Gasteiger partial charge in [-0.25, -0.2) is 0 Å². The van der Waals surface area contributed by atoms with Crippen molar-refractivity contribution in [3.05, 3.63) is 34.2 Å². The first-order valence-corrected chi connectivity index (χ1v) is 5.03. The van der Waals surface area contributed by atoms with Gasteiger partial charge in [0.25, 0.3) is 0 Å². The number of ether oxygens (including phenoxy) is 2. The van der Waals surface area contributed by atoms with E-state index < -0.39 is 0 Å². The Morgan fingerprint density at radius 3 is 2.94 bits per heavy atom. The molecule has 0 N–H and O–H groups in total. The molecule has 0 spiro atoms. The molecule has 17 heavy (non-hydrogen) atoms. The van der Waals surface area contributed by atoms with E-state index in [1.165, 1.54) is 7.11 Å². The molecule has 0 aliphatic carbocycles. The van der Waals surface area contributed by atoms with Crippen LogP contribution in [0.25, 0.3) is 10.4 Å². The number of hydrogen-bond donors (Lipinski definition) is 0. The summed E-state index contributed by atoms with van der Waals surface area (Å²) in [5.74, 6) is 1.10. The van der Waals surface area contributed by atoms with Gasteiger partial charge < -0.3 is 9.47 Å². The molecule has 1 rings (SSSR count). The summed E-state index contributed by atoms with van der Waals surface area (Å²) in [5.41, 5.74) is 8.61. The summed E-state index contributed by atoms with van der Waals surface area (Å²) in [7, 11) is 1.52. The van der Waals surface area contributed by atoms with E-state index >= 15 is 0 Å². The molecule has 0 fully saturated rings. The molecule has 1 aromatic rings. The maximum atomic E-state index is 8.73. The third-order valence-corrected chi connectivity index (χ3v) is 2.02. The van der Waals surface area contributed by atoms with Crippen LogP contribution in [0.5, 0.6) is 11.5 Å². The van der Waals surface area contributed by atoms with Crippen LogP contribution in [0.4, 0.5) is 0 Å². The molecule has 0 amide bonds. The van der Waals surface area contributed by atoms with E-state index in [1.54, 1.807) is 18.2 Å². The van der Waals surface area contributed by atoms with E-state index in [1.807, 2.05) is 6.07 Å². The normalized spacial score (nSPS) is 8.94. The Hall–Kier alpha value is -2.38. The van der Waals surface area contributed by atoms with Crippen molar-refractivity contribution in [3.8, 4) is 17.6 Å². The van der Waals surface area contributed by atoms with Crippen LogP contribution in [0.2, 0.25) is 0 Å². The van der Waals surface area contributed by atoms with E-state index in [9.17, 15) is 0 Å². The average molecular weight is 232 g/mol. The number of hydrogen-bond acceptors (Lipinski definition) is 4.